The van der Waals surface area contributed by atoms with Crippen LogP contribution in [-0.4, -0.2) is 10.5 Å². The van der Waals surface area contributed by atoms with Crippen molar-refractivity contribution < 1.29 is 4.79 Å². The molecular formula is C22H16N3O. The molecule has 0 saturated heterocycles. The molecule has 0 fully saturated rings. The van der Waals surface area contributed by atoms with Crippen molar-refractivity contribution in [2.24, 2.45) is 5.73 Å². The standard InChI is InChI=1S/C22H16N3O/c1-14-9-10-17-20(11-14)25(13-16-6-3-2-5-15(16)12-23)19-8-4-7-18(21(17)19)22(24)26/h2-9,11H,13H2,1H3,(H2,24,26). The molecule has 1 aromatic heterocycles. The first-order chi connectivity index (χ1) is 12.6. The molecule has 0 atom stereocenters. The molecule has 0 saturated carbocycles. The lowest BCUT2D eigenvalue weighted by molar-refractivity contribution is 0.100. The maximum atomic E-state index is 11.9. The van der Waals surface area contributed by atoms with Gasteiger partial charge in [0.05, 0.1) is 22.7 Å². The largest absolute Gasteiger partial charge is 0.366 e. The quantitative estimate of drug-likeness (QED) is 0.615. The Kier molecular flexibility index (Phi) is 3.70. The van der Waals surface area contributed by atoms with Gasteiger partial charge in [-0.3, -0.25) is 4.79 Å². The lowest BCUT2D eigenvalue weighted by Crippen LogP contribution is -2.11. The van der Waals surface area contributed by atoms with Crippen LogP contribution < -0.4 is 5.73 Å². The molecule has 0 aliphatic heterocycles. The van der Waals surface area contributed by atoms with Gasteiger partial charge in [-0.05, 0) is 48.4 Å². The van der Waals surface area contributed by atoms with Gasteiger partial charge in [-0.15, -0.1) is 0 Å². The van der Waals surface area contributed by atoms with Crippen LogP contribution >= 0.6 is 0 Å². The van der Waals surface area contributed by atoms with Crippen molar-refractivity contribution >= 4 is 27.7 Å². The maximum absolute atomic E-state index is 11.9. The second-order valence-corrected chi connectivity index (χ2v) is 6.36. The monoisotopic (exact) mass is 338 g/mol. The van der Waals surface area contributed by atoms with Gasteiger partial charge in [0.15, 0.2) is 0 Å². The molecule has 0 aliphatic rings. The molecule has 1 amide bonds. The topological polar surface area (TPSA) is 71.8 Å². The van der Waals surface area contributed by atoms with Crippen molar-refractivity contribution in [3.05, 3.63) is 82.9 Å². The van der Waals surface area contributed by atoms with Crippen LogP contribution in [0.1, 0.15) is 27.0 Å². The normalized spacial score (nSPS) is 10.9. The molecule has 26 heavy (non-hydrogen) atoms. The lowest BCUT2D eigenvalue weighted by Gasteiger charge is -2.10. The van der Waals surface area contributed by atoms with Gasteiger partial charge < -0.3 is 10.3 Å². The minimum atomic E-state index is -0.457. The van der Waals surface area contributed by atoms with Crippen LogP contribution in [0.3, 0.4) is 0 Å². The van der Waals surface area contributed by atoms with Crippen LogP contribution in [-0.2, 0) is 6.54 Å². The number of aromatic nitrogens is 1. The van der Waals surface area contributed by atoms with Gasteiger partial charge in [0.1, 0.15) is 0 Å². The zero-order valence-electron chi connectivity index (χ0n) is 14.3. The number of primary amides is 1. The Bertz CT molecular complexity index is 1210. The van der Waals surface area contributed by atoms with Gasteiger partial charge >= 0.3 is 0 Å². The summed E-state index contributed by atoms with van der Waals surface area (Å²) in [6, 6.07) is 22.6. The molecule has 0 spiro atoms. The minimum Gasteiger partial charge on any atom is -0.366 e. The van der Waals surface area contributed by atoms with Gasteiger partial charge in [-0.1, -0.05) is 30.3 Å². The Balaban J connectivity index is 2.07. The van der Waals surface area contributed by atoms with E-state index in [-0.39, 0.29) is 0 Å². The molecule has 4 nitrogen and oxygen atoms in total. The first-order valence-electron chi connectivity index (χ1n) is 8.31. The summed E-state index contributed by atoms with van der Waals surface area (Å²) in [5.41, 5.74) is 10.6. The van der Waals surface area contributed by atoms with E-state index < -0.39 is 5.91 Å². The number of amides is 1. The summed E-state index contributed by atoms with van der Waals surface area (Å²) in [5.74, 6) is -0.457. The van der Waals surface area contributed by atoms with Crippen molar-refractivity contribution in [1.82, 2.24) is 4.57 Å². The zero-order chi connectivity index (χ0) is 18.3. The Morgan fingerprint density at radius 3 is 2.77 bits per heavy atom. The number of benzene rings is 3. The average Bonchev–Trinajstić information content (AvgIpc) is 2.95. The smallest absolute Gasteiger partial charge is 0.249 e. The molecule has 4 rings (SSSR count). The highest BCUT2D eigenvalue weighted by Crippen LogP contribution is 2.32. The third-order valence-corrected chi connectivity index (χ3v) is 4.67. The minimum absolute atomic E-state index is 0.457. The second-order valence-electron chi connectivity index (χ2n) is 6.36. The number of nitriles is 1. The summed E-state index contributed by atoms with van der Waals surface area (Å²) in [7, 11) is 0. The van der Waals surface area contributed by atoms with Crippen LogP contribution in [0.15, 0.2) is 54.6 Å². The first-order valence-corrected chi connectivity index (χ1v) is 8.31. The number of carbonyl (C=O) groups is 1. The molecule has 4 heteroatoms. The Morgan fingerprint density at radius 1 is 1.19 bits per heavy atom. The van der Waals surface area contributed by atoms with Gasteiger partial charge in [-0.25, -0.2) is 0 Å². The highest BCUT2D eigenvalue weighted by Gasteiger charge is 2.17. The van der Waals surface area contributed by atoms with Crippen LogP contribution in [0.2, 0.25) is 0 Å². The molecule has 1 radical (unpaired) electrons. The number of hydrogen-bond donors (Lipinski definition) is 1. The molecule has 4 aromatic rings. The fraction of sp³-hybridized carbons (Fsp3) is 0.0909. The average molecular weight is 338 g/mol. The van der Waals surface area contributed by atoms with E-state index in [1.807, 2.05) is 49.4 Å². The Hall–Kier alpha value is -3.58. The third kappa shape index (κ3) is 2.42. The predicted octanol–water partition coefficient (Wildman–Crippen LogP) is 3.92. The molecule has 3 aromatic carbocycles. The molecule has 0 aliphatic carbocycles. The fourth-order valence-corrected chi connectivity index (χ4v) is 3.47. The van der Waals surface area contributed by atoms with Gasteiger partial charge in [-0.2, -0.15) is 5.26 Å². The van der Waals surface area contributed by atoms with Crippen molar-refractivity contribution in [3.63, 3.8) is 0 Å². The van der Waals surface area contributed by atoms with Crippen LogP contribution in [0.25, 0.3) is 21.8 Å². The number of rotatable bonds is 3. The summed E-state index contributed by atoms with van der Waals surface area (Å²) in [6.07, 6.45) is 0. The van der Waals surface area contributed by atoms with Crippen molar-refractivity contribution in [3.8, 4) is 6.07 Å². The van der Waals surface area contributed by atoms with Crippen LogP contribution in [0.4, 0.5) is 0 Å². The van der Waals surface area contributed by atoms with Gasteiger partial charge in [0.25, 0.3) is 0 Å². The van der Waals surface area contributed by atoms with Crippen molar-refractivity contribution in [1.29, 1.82) is 5.26 Å². The zero-order valence-corrected chi connectivity index (χ0v) is 14.3. The molecular weight excluding hydrogens is 322 g/mol. The van der Waals surface area contributed by atoms with E-state index in [0.29, 0.717) is 17.7 Å². The van der Waals surface area contributed by atoms with E-state index in [1.165, 1.54) is 0 Å². The van der Waals surface area contributed by atoms with E-state index in [9.17, 15) is 10.1 Å². The summed E-state index contributed by atoms with van der Waals surface area (Å²) in [4.78, 5) is 11.9. The van der Waals surface area contributed by atoms with Crippen molar-refractivity contribution in [2.45, 2.75) is 13.5 Å². The summed E-state index contributed by atoms with van der Waals surface area (Å²) < 4.78 is 2.12. The van der Waals surface area contributed by atoms with Crippen LogP contribution in [0, 0.1) is 24.3 Å². The molecule has 2 N–H and O–H groups in total. The highest BCUT2D eigenvalue weighted by atomic mass is 16.1. The number of hydrogen-bond acceptors (Lipinski definition) is 2. The predicted molar refractivity (Wildman–Crippen MR) is 102 cm³/mol. The van der Waals surface area contributed by atoms with E-state index in [2.05, 4.69) is 22.8 Å². The fourth-order valence-electron chi connectivity index (χ4n) is 3.47. The maximum Gasteiger partial charge on any atom is 0.249 e. The van der Waals surface area contributed by atoms with Gasteiger partial charge in [0.2, 0.25) is 5.91 Å². The summed E-state index contributed by atoms with van der Waals surface area (Å²) in [6.45, 7) is 2.54. The third-order valence-electron chi connectivity index (χ3n) is 4.67. The van der Waals surface area contributed by atoms with E-state index >= 15 is 0 Å². The number of carbonyl (C=O) groups excluding carboxylic acids is 1. The van der Waals surface area contributed by atoms with E-state index in [1.54, 1.807) is 6.07 Å². The molecule has 0 unspecified atom stereocenters. The molecule has 0 bridgehead atoms. The summed E-state index contributed by atoms with van der Waals surface area (Å²) in [5, 5.41) is 11.1. The summed E-state index contributed by atoms with van der Waals surface area (Å²) >= 11 is 0. The number of nitrogens with two attached hydrogens (primary N) is 1. The number of fused-ring (bicyclic) bond motifs is 3. The van der Waals surface area contributed by atoms with E-state index in [4.69, 9.17) is 5.73 Å². The van der Waals surface area contributed by atoms with E-state index in [0.717, 1.165) is 32.9 Å². The Labute approximate surface area is 151 Å². The SMILES string of the molecule is Cc1c[c]c2c3c(C(N)=O)cccc3n(Cc3ccccc3C#N)c2c1. The molecule has 125 valence electrons. The molecule has 1 heterocycles. The first kappa shape index (κ1) is 15.9. The number of nitrogens with zero attached hydrogens (tertiary/aromatic N) is 2. The Morgan fingerprint density at radius 2 is 2.00 bits per heavy atom. The van der Waals surface area contributed by atoms with Gasteiger partial charge in [0, 0.05) is 22.9 Å². The highest BCUT2D eigenvalue weighted by molar-refractivity contribution is 6.17. The number of aryl methyl sites for hydroxylation is 1. The van der Waals surface area contributed by atoms with Crippen LogP contribution in [0.5, 0.6) is 0 Å². The second kappa shape index (κ2) is 6.05. The van der Waals surface area contributed by atoms with Crippen molar-refractivity contribution in [2.75, 3.05) is 0 Å². The lowest BCUT2D eigenvalue weighted by atomic mass is 10.1.